The van der Waals surface area contributed by atoms with Gasteiger partial charge in [0.2, 0.25) is 0 Å². The zero-order valence-electron chi connectivity index (χ0n) is 17.2. The van der Waals surface area contributed by atoms with E-state index in [0.29, 0.717) is 24.8 Å². The molecule has 0 aliphatic carbocycles. The third-order valence-electron chi connectivity index (χ3n) is 4.63. The van der Waals surface area contributed by atoms with Gasteiger partial charge in [0, 0.05) is 18.9 Å². The molecule has 3 aromatic rings. The molecule has 0 aliphatic rings. The summed E-state index contributed by atoms with van der Waals surface area (Å²) in [6, 6.07) is 13.8. The number of hydrogen-bond donors (Lipinski definition) is 3. The van der Waals surface area contributed by atoms with Gasteiger partial charge in [-0.2, -0.15) is 5.10 Å². The first-order valence-corrected chi connectivity index (χ1v) is 9.83. The van der Waals surface area contributed by atoms with Crippen LogP contribution in [0.15, 0.2) is 64.3 Å². The van der Waals surface area contributed by atoms with Gasteiger partial charge < -0.3 is 20.2 Å². The Kier molecular flexibility index (Phi) is 6.72. The van der Waals surface area contributed by atoms with Gasteiger partial charge >= 0.3 is 0 Å². The molecule has 7 heteroatoms. The van der Waals surface area contributed by atoms with Crippen LogP contribution in [-0.2, 0) is 18.7 Å². The van der Waals surface area contributed by atoms with E-state index in [-0.39, 0.29) is 6.54 Å². The van der Waals surface area contributed by atoms with E-state index in [1.54, 1.807) is 19.2 Å². The maximum atomic E-state index is 10.7. The van der Waals surface area contributed by atoms with Gasteiger partial charge in [-0.15, -0.1) is 0 Å². The first kappa shape index (κ1) is 20.7. The molecule has 0 radical (unpaired) electrons. The Labute approximate surface area is 171 Å². The fraction of sp³-hybridized carbons (Fsp3) is 0.364. The Hall–Kier alpha value is -3.06. The number of aryl methyl sites for hydroxylation is 1. The summed E-state index contributed by atoms with van der Waals surface area (Å²) >= 11 is 0. The molecule has 2 aromatic heterocycles. The molecule has 0 amide bonds. The fourth-order valence-corrected chi connectivity index (χ4v) is 3.01. The van der Waals surface area contributed by atoms with Gasteiger partial charge in [-0.3, -0.25) is 4.68 Å². The summed E-state index contributed by atoms with van der Waals surface area (Å²) < 4.78 is 7.47. The molecule has 7 nitrogen and oxygen atoms in total. The first-order valence-electron chi connectivity index (χ1n) is 9.83. The Morgan fingerprint density at radius 3 is 2.62 bits per heavy atom. The van der Waals surface area contributed by atoms with Crippen LogP contribution in [0.3, 0.4) is 0 Å². The SMILES string of the molecule is CCNC(=NCc1ccccc1Cn1cccn1)NCC(C)(O)c1ccc(C)o1. The molecular formula is C22H29N5O2. The molecule has 2 heterocycles. The van der Waals surface area contributed by atoms with E-state index in [2.05, 4.69) is 27.9 Å². The summed E-state index contributed by atoms with van der Waals surface area (Å²) in [5, 5.41) is 21.5. The summed E-state index contributed by atoms with van der Waals surface area (Å²) in [6.07, 6.45) is 3.73. The highest BCUT2D eigenvalue weighted by Gasteiger charge is 2.27. The van der Waals surface area contributed by atoms with Gasteiger partial charge in [-0.05, 0) is 50.1 Å². The van der Waals surface area contributed by atoms with Crippen LogP contribution in [0.5, 0.6) is 0 Å². The number of hydrogen-bond acceptors (Lipinski definition) is 4. The maximum Gasteiger partial charge on any atom is 0.191 e. The van der Waals surface area contributed by atoms with Crippen molar-refractivity contribution in [3.63, 3.8) is 0 Å². The minimum Gasteiger partial charge on any atom is -0.463 e. The fourth-order valence-electron chi connectivity index (χ4n) is 3.01. The largest absolute Gasteiger partial charge is 0.463 e. The van der Waals surface area contributed by atoms with Crippen molar-refractivity contribution in [1.29, 1.82) is 0 Å². The molecule has 29 heavy (non-hydrogen) atoms. The Morgan fingerprint density at radius 2 is 1.97 bits per heavy atom. The lowest BCUT2D eigenvalue weighted by Crippen LogP contribution is -2.44. The molecule has 1 atom stereocenters. The molecule has 154 valence electrons. The number of aromatic nitrogens is 2. The Bertz CT molecular complexity index is 928. The van der Waals surface area contributed by atoms with E-state index < -0.39 is 5.60 Å². The van der Waals surface area contributed by atoms with Crippen molar-refractivity contribution in [3.05, 3.63) is 77.5 Å². The monoisotopic (exact) mass is 395 g/mol. The lowest BCUT2D eigenvalue weighted by molar-refractivity contribution is 0.0378. The number of aliphatic hydroxyl groups is 1. The number of furan rings is 1. The zero-order chi connectivity index (χ0) is 20.7. The van der Waals surface area contributed by atoms with E-state index in [0.717, 1.165) is 17.9 Å². The van der Waals surface area contributed by atoms with E-state index in [1.165, 1.54) is 5.56 Å². The van der Waals surface area contributed by atoms with Gasteiger partial charge in [0.1, 0.15) is 17.1 Å². The molecule has 0 bridgehead atoms. The van der Waals surface area contributed by atoms with Crippen LogP contribution in [-0.4, -0.2) is 33.9 Å². The van der Waals surface area contributed by atoms with Gasteiger partial charge in [0.15, 0.2) is 5.96 Å². The second-order valence-electron chi connectivity index (χ2n) is 7.21. The van der Waals surface area contributed by atoms with Crippen molar-refractivity contribution in [3.8, 4) is 0 Å². The maximum absolute atomic E-state index is 10.7. The average molecular weight is 396 g/mol. The zero-order valence-corrected chi connectivity index (χ0v) is 17.2. The summed E-state index contributed by atoms with van der Waals surface area (Å²) in [5.41, 5.74) is 1.17. The van der Waals surface area contributed by atoms with Gasteiger partial charge in [0.05, 0.1) is 19.6 Å². The van der Waals surface area contributed by atoms with E-state index in [4.69, 9.17) is 9.41 Å². The second-order valence-corrected chi connectivity index (χ2v) is 7.21. The molecule has 3 rings (SSSR count). The highest BCUT2D eigenvalue weighted by molar-refractivity contribution is 5.79. The highest BCUT2D eigenvalue weighted by atomic mass is 16.4. The molecule has 0 saturated carbocycles. The third-order valence-corrected chi connectivity index (χ3v) is 4.63. The minimum absolute atomic E-state index is 0.278. The first-order chi connectivity index (χ1) is 14.0. The van der Waals surface area contributed by atoms with Crippen molar-refractivity contribution in [2.75, 3.05) is 13.1 Å². The van der Waals surface area contributed by atoms with Crippen LogP contribution < -0.4 is 10.6 Å². The second kappa shape index (κ2) is 9.43. The van der Waals surface area contributed by atoms with Crippen molar-refractivity contribution in [2.24, 2.45) is 4.99 Å². The summed E-state index contributed by atoms with van der Waals surface area (Å²) in [5.74, 6) is 1.95. The molecule has 0 aliphatic heterocycles. The molecule has 1 unspecified atom stereocenters. The smallest absolute Gasteiger partial charge is 0.191 e. The minimum atomic E-state index is -1.14. The molecule has 0 fully saturated rings. The van der Waals surface area contributed by atoms with Gasteiger partial charge in [-0.25, -0.2) is 4.99 Å². The Morgan fingerprint density at radius 1 is 1.17 bits per heavy atom. The van der Waals surface area contributed by atoms with E-state index in [9.17, 15) is 5.11 Å². The van der Waals surface area contributed by atoms with E-state index >= 15 is 0 Å². The predicted octanol–water partition coefficient (Wildman–Crippen LogP) is 2.80. The molecule has 0 saturated heterocycles. The lowest BCUT2D eigenvalue weighted by Gasteiger charge is -2.23. The third kappa shape index (κ3) is 5.71. The number of benzene rings is 1. The quantitative estimate of drug-likeness (QED) is 0.403. The van der Waals surface area contributed by atoms with E-state index in [1.807, 2.05) is 49.0 Å². The van der Waals surface area contributed by atoms with Crippen molar-refractivity contribution in [1.82, 2.24) is 20.4 Å². The average Bonchev–Trinajstić information content (AvgIpc) is 3.37. The van der Waals surface area contributed by atoms with Crippen molar-refractivity contribution in [2.45, 2.75) is 39.5 Å². The predicted molar refractivity (Wildman–Crippen MR) is 114 cm³/mol. The van der Waals surface area contributed by atoms with Crippen LogP contribution in [0, 0.1) is 6.92 Å². The summed E-state index contributed by atoms with van der Waals surface area (Å²) in [4.78, 5) is 4.70. The molecule has 0 spiro atoms. The Balaban J connectivity index is 1.68. The van der Waals surface area contributed by atoms with Crippen LogP contribution in [0.4, 0.5) is 0 Å². The number of nitrogens with one attached hydrogen (secondary N) is 2. The van der Waals surface area contributed by atoms with Crippen molar-refractivity contribution < 1.29 is 9.52 Å². The molecule has 3 N–H and O–H groups in total. The molecular weight excluding hydrogens is 366 g/mol. The van der Waals surface area contributed by atoms with Crippen LogP contribution >= 0.6 is 0 Å². The number of guanidine groups is 1. The summed E-state index contributed by atoms with van der Waals surface area (Å²) in [7, 11) is 0. The topological polar surface area (TPSA) is 87.6 Å². The number of aliphatic imine (C=N–C) groups is 1. The van der Waals surface area contributed by atoms with Crippen LogP contribution in [0.1, 0.15) is 36.5 Å². The summed E-state index contributed by atoms with van der Waals surface area (Å²) in [6.45, 7) is 7.82. The van der Waals surface area contributed by atoms with Crippen LogP contribution in [0.25, 0.3) is 0 Å². The highest BCUT2D eigenvalue weighted by Crippen LogP contribution is 2.21. The lowest BCUT2D eigenvalue weighted by atomic mass is 10.0. The number of nitrogens with zero attached hydrogens (tertiary/aromatic N) is 3. The normalized spacial score (nSPS) is 13.9. The van der Waals surface area contributed by atoms with Gasteiger partial charge in [0.25, 0.3) is 0 Å². The van der Waals surface area contributed by atoms with Crippen molar-refractivity contribution >= 4 is 5.96 Å². The molecule has 1 aromatic carbocycles. The van der Waals surface area contributed by atoms with Crippen LogP contribution in [0.2, 0.25) is 0 Å². The number of rotatable bonds is 8. The van der Waals surface area contributed by atoms with Gasteiger partial charge in [-0.1, -0.05) is 24.3 Å². The standard InChI is InChI=1S/C22H29N5O2/c1-4-23-21(25-16-22(3,28)20-11-10-17(2)29-20)24-14-18-8-5-6-9-19(18)15-27-13-7-12-26-27/h5-13,28H,4,14-16H2,1-3H3,(H2,23,24,25).